The second-order valence-electron chi connectivity index (χ2n) is 3.96. The molecule has 1 rings (SSSR count). The second kappa shape index (κ2) is 8.11. The van der Waals surface area contributed by atoms with Crippen molar-refractivity contribution in [3.8, 4) is 18.1 Å². The Kier molecular flexibility index (Phi) is 6.41. The average Bonchev–Trinajstić information content (AvgIpc) is 2.36. The Bertz CT molecular complexity index is 439. The summed E-state index contributed by atoms with van der Waals surface area (Å²) in [6.45, 7) is 1.17. The lowest BCUT2D eigenvalue weighted by Gasteiger charge is -2.17. The zero-order chi connectivity index (χ0) is 14.1. The average molecular weight is 265 g/mol. The molecular weight excluding hydrogens is 249 g/mol. The van der Waals surface area contributed by atoms with Crippen LogP contribution in [0.5, 0.6) is 5.75 Å². The Labute approximate surface area is 111 Å². The van der Waals surface area contributed by atoms with Crippen molar-refractivity contribution in [1.29, 1.82) is 0 Å². The number of carbonyl (C=O) groups is 1. The van der Waals surface area contributed by atoms with Gasteiger partial charge in [0.25, 0.3) is 0 Å². The van der Waals surface area contributed by atoms with Crippen LogP contribution < -0.4 is 4.74 Å². The number of hydrogen-bond acceptors (Lipinski definition) is 3. The lowest BCUT2D eigenvalue weighted by Crippen LogP contribution is -2.31. The van der Waals surface area contributed by atoms with E-state index in [2.05, 4.69) is 5.92 Å². The summed E-state index contributed by atoms with van der Waals surface area (Å²) in [7, 11) is 0. The Balaban J connectivity index is 2.26. The predicted molar refractivity (Wildman–Crippen MR) is 69.4 cm³/mol. The maximum atomic E-state index is 12.7. The molecule has 0 atom stereocenters. The van der Waals surface area contributed by atoms with Crippen LogP contribution in [0, 0.1) is 18.2 Å². The van der Waals surface area contributed by atoms with Crippen LogP contribution in [0.15, 0.2) is 24.3 Å². The Morgan fingerprint density at radius 3 is 2.68 bits per heavy atom. The molecule has 0 amide bonds. The molecule has 102 valence electrons. The highest BCUT2D eigenvalue weighted by Gasteiger charge is 2.07. The van der Waals surface area contributed by atoms with Crippen LogP contribution in [0.3, 0.4) is 0 Å². The van der Waals surface area contributed by atoms with E-state index in [4.69, 9.17) is 16.3 Å². The molecule has 0 fully saturated rings. The van der Waals surface area contributed by atoms with E-state index < -0.39 is 5.97 Å². The summed E-state index contributed by atoms with van der Waals surface area (Å²) in [5, 5.41) is 8.69. The van der Waals surface area contributed by atoms with E-state index in [-0.39, 0.29) is 12.4 Å². The van der Waals surface area contributed by atoms with Crippen molar-refractivity contribution in [2.45, 2.75) is 6.42 Å². The largest absolute Gasteiger partial charge is 0.494 e. The molecule has 0 bridgehead atoms. The summed E-state index contributed by atoms with van der Waals surface area (Å²) in [6, 6.07) is 5.74. The normalized spacial score (nSPS) is 10.2. The minimum Gasteiger partial charge on any atom is -0.494 e. The number of halogens is 1. The van der Waals surface area contributed by atoms with Crippen molar-refractivity contribution < 1.29 is 19.0 Å². The number of aliphatic carboxylic acids is 1. The molecule has 4 nitrogen and oxygen atoms in total. The van der Waals surface area contributed by atoms with Gasteiger partial charge in [-0.2, -0.15) is 0 Å². The highest BCUT2D eigenvalue weighted by Crippen LogP contribution is 2.11. The molecule has 5 heteroatoms. The topological polar surface area (TPSA) is 49.8 Å². The second-order valence-corrected chi connectivity index (χ2v) is 3.96. The van der Waals surface area contributed by atoms with E-state index in [1.807, 2.05) is 0 Å². The van der Waals surface area contributed by atoms with Crippen molar-refractivity contribution in [1.82, 2.24) is 4.90 Å². The van der Waals surface area contributed by atoms with E-state index in [9.17, 15) is 9.18 Å². The minimum atomic E-state index is -0.908. The van der Waals surface area contributed by atoms with Gasteiger partial charge < -0.3 is 9.84 Å². The van der Waals surface area contributed by atoms with E-state index in [0.717, 1.165) is 0 Å². The smallest absolute Gasteiger partial charge is 0.317 e. The third-order valence-electron chi connectivity index (χ3n) is 2.37. The first kappa shape index (κ1) is 15.0. The van der Waals surface area contributed by atoms with Crippen LogP contribution >= 0.6 is 0 Å². The number of terminal acetylenes is 1. The first-order chi connectivity index (χ1) is 9.11. The van der Waals surface area contributed by atoms with Crippen molar-refractivity contribution in [3.63, 3.8) is 0 Å². The number of ether oxygens (including phenoxy) is 1. The van der Waals surface area contributed by atoms with Crippen molar-refractivity contribution in [2.24, 2.45) is 0 Å². The van der Waals surface area contributed by atoms with Crippen molar-refractivity contribution >= 4 is 5.97 Å². The molecule has 0 spiro atoms. The number of carboxylic acids is 1. The zero-order valence-corrected chi connectivity index (χ0v) is 10.5. The van der Waals surface area contributed by atoms with Crippen molar-refractivity contribution in [3.05, 3.63) is 30.1 Å². The summed E-state index contributed by atoms with van der Waals surface area (Å²) >= 11 is 0. The van der Waals surface area contributed by atoms with Gasteiger partial charge in [-0.15, -0.1) is 6.42 Å². The van der Waals surface area contributed by atoms with Gasteiger partial charge in [0.05, 0.1) is 19.7 Å². The fourth-order valence-electron chi connectivity index (χ4n) is 1.54. The molecule has 0 aliphatic rings. The maximum Gasteiger partial charge on any atom is 0.317 e. The Morgan fingerprint density at radius 2 is 2.11 bits per heavy atom. The zero-order valence-electron chi connectivity index (χ0n) is 10.5. The first-order valence-electron chi connectivity index (χ1n) is 5.88. The molecular formula is C14H16FNO3. The molecule has 19 heavy (non-hydrogen) atoms. The van der Waals surface area contributed by atoms with E-state index in [1.54, 1.807) is 17.0 Å². The first-order valence-corrected chi connectivity index (χ1v) is 5.88. The third kappa shape index (κ3) is 6.43. The number of carboxylic acid groups (broad SMARTS) is 1. The van der Waals surface area contributed by atoms with E-state index in [1.165, 1.54) is 12.1 Å². The van der Waals surface area contributed by atoms with Crippen LogP contribution in [0.1, 0.15) is 6.42 Å². The van der Waals surface area contributed by atoms with Gasteiger partial charge >= 0.3 is 5.97 Å². The highest BCUT2D eigenvalue weighted by molar-refractivity contribution is 5.69. The van der Waals surface area contributed by atoms with Crippen LogP contribution in [0.2, 0.25) is 0 Å². The molecule has 0 aliphatic carbocycles. The summed E-state index contributed by atoms with van der Waals surface area (Å²) in [4.78, 5) is 12.2. The summed E-state index contributed by atoms with van der Waals surface area (Å²) in [5.74, 6) is 1.79. The lowest BCUT2D eigenvalue weighted by atomic mass is 10.3. The van der Waals surface area contributed by atoms with Gasteiger partial charge in [-0.3, -0.25) is 9.69 Å². The molecule has 1 aromatic rings. The third-order valence-corrected chi connectivity index (χ3v) is 2.37. The van der Waals surface area contributed by atoms with Gasteiger partial charge in [0, 0.05) is 6.54 Å². The van der Waals surface area contributed by atoms with Gasteiger partial charge in [-0.05, 0) is 30.7 Å². The fraction of sp³-hybridized carbons (Fsp3) is 0.357. The lowest BCUT2D eigenvalue weighted by molar-refractivity contribution is -0.138. The monoisotopic (exact) mass is 265 g/mol. The van der Waals surface area contributed by atoms with E-state index in [0.29, 0.717) is 31.9 Å². The molecule has 0 saturated heterocycles. The number of rotatable bonds is 8. The molecule has 0 radical (unpaired) electrons. The molecule has 0 aliphatic heterocycles. The fourth-order valence-corrected chi connectivity index (χ4v) is 1.54. The molecule has 0 saturated carbocycles. The van der Waals surface area contributed by atoms with Crippen LogP contribution in [0.25, 0.3) is 0 Å². The van der Waals surface area contributed by atoms with Crippen molar-refractivity contribution in [2.75, 3.05) is 26.2 Å². The number of benzene rings is 1. The number of hydrogen-bond donors (Lipinski definition) is 1. The highest BCUT2D eigenvalue weighted by atomic mass is 19.1. The number of nitrogens with zero attached hydrogens (tertiary/aromatic N) is 1. The van der Waals surface area contributed by atoms with Crippen LogP contribution in [0.4, 0.5) is 4.39 Å². The van der Waals surface area contributed by atoms with E-state index >= 15 is 0 Å². The summed E-state index contributed by atoms with van der Waals surface area (Å²) < 4.78 is 18.1. The van der Waals surface area contributed by atoms with Gasteiger partial charge in [-0.1, -0.05) is 5.92 Å². The maximum absolute atomic E-state index is 12.7. The van der Waals surface area contributed by atoms with Gasteiger partial charge in [0.2, 0.25) is 0 Å². The standard InChI is InChI=1S/C14H16FNO3/c1-2-8-16(11-14(17)18)9-3-10-19-13-6-4-12(15)5-7-13/h1,4-7H,3,8-11H2,(H,17,18). The summed E-state index contributed by atoms with van der Waals surface area (Å²) in [6.07, 6.45) is 5.81. The van der Waals surface area contributed by atoms with Gasteiger partial charge in [0.15, 0.2) is 0 Å². The molecule has 0 heterocycles. The molecule has 1 aromatic carbocycles. The van der Waals surface area contributed by atoms with Crippen LogP contribution in [-0.4, -0.2) is 42.2 Å². The Hall–Kier alpha value is -2.06. The summed E-state index contributed by atoms with van der Waals surface area (Å²) in [5.41, 5.74) is 0. The molecule has 1 N–H and O–H groups in total. The Morgan fingerprint density at radius 1 is 1.42 bits per heavy atom. The van der Waals surface area contributed by atoms with Crippen LogP contribution in [-0.2, 0) is 4.79 Å². The predicted octanol–water partition coefficient (Wildman–Crippen LogP) is 1.61. The molecule has 0 aromatic heterocycles. The quantitative estimate of drug-likeness (QED) is 0.573. The van der Waals surface area contributed by atoms with Gasteiger partial charge in [0.1, 0.15) is 11.6 Å². The molecule has 0 unspecified atom stereocenters. The minimum absolute atomic E-state index is 0.0826. The SMILES string of the molecule is C#CCN(CCCOc1ccc(F)cc1)CC(=O)O. The van der Waals surface area contributed by atoms with Gasteiger partial charge in [-0.25, -0.2) is 4.39 Å².